The first-order chi connectivity index (χ1) is 12.6. The van der Waals surface area contributed by atoms with Crippen molar-refractivity contribution < 1.29 is 4.39 Å². The Balaban J connectivity index is 1.68. The summed E-state index contributed by atoms with van der Waals surface area (Å²) in [7, 11) is 0. The molecule has 1 aliphatic heterocycles. The zero-order valence-electron chi connectivity index (χ0n) is 13.9. The maximum atomic E-state index is 13.2. The highest BCUT2D eigenvalue weighted by molar-refractivity contribution is 9.10. The number of rotatable bonds is 4. The van der Waals surface area contributed by atoms with Gasteiger partial charge in [-0.25, -0.2) is 4.39 Å². The Hall–Kier alpha value is -2.50. The normalized spacial score (nSPS) is 21.7. The molecule has 0 radical (unpaired) electrons. The molecule has 2 atom stereocenters. The van der Waals surface area contributed by atoms with Gasteiger partial charge in [0.05, 0.1) is 0 Å². The number of halogens is 2. The van der Waals surface area contributed by atoms with Crippen molar-refractivity contribution >= 4 is 27.8 Å². The third kappa shape index (κ3) is 3.41. The standard InChI is InChI=1S/C21H17BrFN3/c22-17-8-12-19(13-9-17)25-21(16-4-2-1-3-5-16)14-24-20(26-21)15-6-10-18(23)11-7-15/h1-14,20,25-26H. The van der Waals surface area contributed by atoms with E-state index in [-0.39, 0.29) is 12.0 Å². The fraction of sp³-hybridized carbons (Fsp3) is 0.0952. The van der Waals surface area contributed by atoms with Gasteiger partial charge in [-0.1, -0.05) is 58.4 Å². The highest BCUT2D eigenvalue weighted by Gasteiger charge is 2.37. The summed E-state index contributed by atoms with van der Waals surface area (Å²) in [6.07, 6.45) is 1.64. The van der Waals surface area contributed by atoms with E-state index in [1.54, 1.807) is 12.1 Å². The van der Waals surface area contributed by atoms with Crippen molar-refractivity contribution in [1.29, 1.82) is 0 Å². The first-order valence-electron chi connectivity index (χ1n) is 8.31. The second-order valence-corrected chi connectivity index (χ2v) is 7.10. The fourth-order valence-corrected chi connectivity index (χ4v) is 3.32. The van der Waals surface area contributed by atoms with Gasteiger partial charge < -0.3 is 5.32 Å². The molecule has 0 saturated carbocycles. The van der Waals surface area contributed by atoms with Crippen LogP contribution in [0.15, 0.2) is 88.3 Å². The van der Waals surface area contributed by atoms with E-state index >= 15 is 0 Å². The number of hydrogen-bond acceptors (Lipinski definition) is 3. The molecule has 0 saturated heterocycles. The molecule has 2 unspecified atom stereocenters. The van der Waals surface area contributed by atoms with Gasteiger partial charge >= 0.3 is 0 Å². The lowest BCUT2D eigenvalue weighted by Crippen LogP contribution is -2.47. The van der Waals surface area contributed by atoms with E-state index in [2.05, 4.69) is 43.7 Å². The van der Waals surface area contributed by atoms with Crippen molar-refractivity contribution in [2.45, 2.75) is 11.8 Å². The minimum Gasteiger partial charge on any atom is -0.359 e. The second kappa shape index (κ2) is 7.02. The van der Waals surface area contributed by atoms with Crippen LogP contribution in [-0.2, 0) is 5.66 Å². The van der Waals surface area contributed by atoms with Crippen LogP contribution in [0.3, 0.4) is 0 Å². The summed E-state index contributed by atoms with van der Waals surface area (Å²) in [5.74, 6) is -0.252. The van der Waals surface area contributed by atoms with Crippen molar-refractivity contribution in [3.05, 3.63) is 100 Å². The van der Waals surface area contributed by atoms with Gasteiger partial charge in [-0.15, -0.1) is 0 Å². The van der Waals surface area contributed by atoms with Crippen molar-refractivity contribution in [3.8, 4) is 0 Å². The quantitative estimate of drug-likeness (QED) is 0.618. The molecule has 1 heterocycles. The van der Waals surface area contributed by atoms with Crippen molar-refractivity contribution in [1.82, 2.24) is 5.32 Å². The first kappa shape index (κ1) is 16.9. The maximum absolute atomic E-state index is 13.2. The van der Waals surface area contributed by atoms with E-state index < -0.39 is 5.66 Å². The smallest absolute Gasteiger partial charge is 0.153 e. The predicted molar refractivity (Wildman–Crippen MR) is 107 cm³/mol. The Kier molecular flexibility index (Phi) is 4.57. The Morgan fingerprint density at radius 1 is 0.923 bits per heavy atom. The van der Waals surface area contributed by atoms with Crippen LogP contribution in [0.1, 0.15) is 17.3 Å². The van der Waals surface area contributed by atoms with Crippen LogP contribution in [0.25, 0.3) is 0 Å². The summed E-state index contributed by atoms with van der Waals surface area (Å²) in [5, 5.41) is 7.11. The maximum Gasteiger partial charge on any atom is 0.153 e. The second-order valence-electron chi connectivity index (χ2n) is 6.18. The van der Waals surface area contributed by atoms with Crippen LogP contribution in [0.4, 0.5) is 10.1 Å². The van der Waals surface area contributed by atoms with E-state index in [4.69, 9.17) is 0 Å². The molecule has 0 bridgehead atoms. The molecule has 3 aromatic carbocycles. The molecule has 5 heteroatoms. The summed E-state index contributed by atoms with van der Waals surface area (Å²) in [6, 6.07) is 24.5. The third-order valence-electron chi connectivity index (χ3n) is 4.38. The Morgan fingerprint density at radius 3 is 2.31 bits per heavy atom. The minimum absolute atomic E-state index is 0.251. The highest BCUT2D eigenvalue weighted by Crippen LogP contribution is 2.32. The van der Waals surface area contributed by atoms with Crippen LogP contribution in [-0.4, -0.2) is 6.21 Å². The monoisotopic (exact) mass is 409 g/mol. The summed E-state index contributed by atoms with van der Waals surface area (Å²) in [6.45, 7) is 0. The lowest BCUT2D eigenvalue weighted by Gasteiger charge is -2.31. The van der Waals surface area contributed by atoms with Gasteiger partial charge in [0.15, 0.2) is 5.66 Å². The van der Waals surface area contributed by atoms with E-state index in [0.29, 0.717) is 0 Å². The lowest BCUT2D eigenvalue weighted by atomic mass is 10.00. The molecule has 0 fully saturated rings. The molecule has 0 aliphatic carbocycles. The molecule has 0 aromatic heterocycles. The molecule has 26 heavy (non-hydrogen) atoms. The summed E-state index contributed by atoms with van der Waals surface area (Å²) in [4.78, 5) is 4.65. The summed E-state index contributed by atoms with van der Waals surface area (Å²) < 4.78 is 14.3. The first-order valence-corrected chi connectivity index (χ1v) is 9.11. The van der Waals surface area contributed by atoms with E-state index in [1.165, 1.54) is 12.1 Å². The zero-order valence-corrected chi connectivity index (χ0v) is 15.4. The Bertz CT molecular complexity index is 910. The molecule has 0 amide bonds. The van der Waals surface area contributed by atoms with Gasteiger partial charge in [-0.3, -0.25) is 10.3 Å². The fourth-order valence-electron chi connectivity index (χ4n) is 3.05. The largest absolute Gasteiger partial charge is 0.359 e. The SMILES string of the molecule is Fc1ccc(C2N=CC(Nc3ccc(Br)cc3)(c3ccccc3)N2)cc1. The van der Waals surface area contributed by atoms with Crippen LogP contribution in [0, 0.1) is 5.82 Å². The molecule has 2 N–H and O–H groups in total. The number of nitrogens with zero attached hydrogens (tertiary/aromatic N) is 1. The van der Waals surface area contributed by atoms with Gasteiger partial charge in [0.2, 0.25) is 0 Å². The molecule has 1 aliphatic rings. The topological polar surface area (TPSA) is 36.4 Å². The molecular weight excluding hydrogens is 393 g/mol. The number of benzene rings is 3. The average molecular weight is 410 g/mol. The van der Waals surface area contributed by atoms with E-state index in [0.717, 1.165) is 21.3 Å². The zero-order chi connectivity index (χ0) is 18.0. The molecule has 0 spiro atoms. The number of hydrogen-bond donors (Lipinski definition) is 2. The predicted octanol–water partition coefficient (Wildman–Crippen LogP) is 5.23. The van der Waals surface area contributed by atoms with Gasteiger partial charge in [-0.05, 0) is 47.5 Å². The number of anilines is 1. The molecule has 4 rings (SSSR count). The summed E-state index contributed by atoms with van der Waals surface area (Å²) in [5.41, 5.74) is 2.29. The van der Waals surface area contributed by atoms with Crippen LogP contribution >= 0.6 is 15.9 Å². The average Bonchev–Trinajstić information content (AvgIpc) is 3.10. The number of nitrogens with one attached hydrogen (secondary N) is 2. The lowest BCUT2D eigenvalue weighted by molar-refractivity contribution is 0.472. The number of aliphatic imine (C=N–C) groups is 1. The molecular formula is C21H17BrFN3. The third-order valence-corrected chi connectivity index (χ3v) is 4.91. The van der Waals surface area contributed by atoms with E-state index in [1.807, 2.05) is 48.7 Å². The van der Waals surface area contributed by atoms with Gasteiger partial charge in [0.1, 0.15) is 12.0 Å². The molecule has 3 aromatic rings. The van der Waals surface area contributed by atoms with Crippen LogP contribution < -0.4 is 10.6 Å². The molecule has 130 valence electrons. The van der Waals surface area contributed by atoms with Crippen LogP contribution in [0.5, 0.6) is 0 Å². The van der Waals surface area contributed by atoms with Crippen molar-refractivity contribution in [2.75, 3.05) is 5.32 Å². The van der Waals surface area contributed by atoms with Crippen LogP contribution in [0.2, 0.25) is 0 Å². The Labute approximate surface area is 160 Å². The summed E-state index contributed by atoms with van der Waals surface area (Å²) >= 11 is 3.46. The van der Waals surface area contributed by atoms with Gasteiger partial charge in [-0.2, -0.15) is 0 Å². The van der Waals surface area contributed by atoms with E-state index in [9.17, 15) is 4.39 Å². The van der Waals surface area contributed by atoms with Gasteiger partial charge in [0, 0.05) is 16.4 Å². The Morgan fingerprint density at radius 2 is 1.62 bits per heavy atom. The minimum atomic E-state index is -0.645. The molecule has 3 nitrogen and oxygen atoms in total. The van der Waals surface area contributed by atoms with Crippen molar-refractivity contribution in [2.24, 2.45) is 4.99 Å². The van der Waals surface area contributed by atoms with Crippen molar-refractivity contribution in [3.63, 3.8) is 0 Å². The van der Waals surface area contributed by atoms with Gasteiger partial charge in [0.25, 0.3) is 0 Å². The highest BCUT2D eigenvalue weighted by atomic mass is 79.9.